The maximum atomic E-state index is 10.0. The Labute approximate surface area is 365 Å². The summed E-state index contributed by atoms with van der Waals surface area (Å²) < 4.78 is 64.6. The van der Waals surface area contributed by atoms with Crippen molar-refractivity contribution >= 4 is 82.1 Å². The summed E-state index contributed by atoms with van der Waals surface area (Å²) in [6, 6.07) is 58.9. The van der Waals surface area contributed by atoms with Crippen molar-refractivity contribution < 1.29 is 12.6 Å². The van der Waals surface area contributed by atoms with Crippen LogP contribution in [0.15, 0.2) is 223 Å². The molecule has 0 aliphatic heterocycles. The fourth-order valence-electron chi connectivity index (χ4n) is 8.50. The highest BCUT2D eigenvalue weighted by atomic mass is 32.1. The highest BCUT2D eigenvalue weighted by Gasteiger charge is 2.24. The van der Waals surface area contributed by atoms with Crippen molar-refractivity contribution in [3.8, 4) is 44.0 Å². The minimum Gasteiger partial charge on any atom is -0.455 e. The standard InChI is InChI=1S/C57H36N2OS/c1-3-13-37(14-4-1)39-23-28-42(29-24-39)59(43-30-25-40(26-31-43)38-15-5-2-6-16-38)53-35-51-48-32-27-41-17-7-8-18-44(41)56(48)60-54(51)36-50(53)47-33-34-49(46-20-10-9-19-45(46)47)57-58-52-21-11-12-22-55(52)61-57/h1-36H/i9D,10D,19D,20D,33D,34D. The van der Waals surface area contributed by atoms with Crippen molar-refractivity contribution in [3.05, 3.63) is 218 Å². The van der Waals surface area contributed by atoms with E-state index in [-0.39, 0.29) is 46.1 Å². The number of hydrogen-bond donors (Lipinski definition) is 0. The van der Waals surface area contributed by atoms with Crippen molar-refractivity contribution in [1.29, 1.82) is 0 Å². The average Bonchev–Trinajstić information content (AvgIpc) is 3.98. The summed E-state index contributed by atoms with van der Waals surface area (Å²) in [5, 5.41) is 4.34. The van der Waals surface area contributed by atoms with Gasteiger partial charge in [-0.1, -0.05) is 164 Å². The maximum Gasteiger partial charge on any atom is 0.143 e. The van der Waals surface area contributed by atoms with Crippen molar-refractivity contribution in [3.63, 3.8) is 0 Å². The Balaban J connectivity index is 1.20. The lowest BCUT2D eigenvalue weighted by atomic mass is 9.92. The Morgan fingerprint density at radius 2 is 1.05 bits per heavy atom. The number of hydrogen-bond acceptors (Lipinski definition) is 4. The number of benzene rings is 10. The van der Waals surface area contributed by atoms with E-state index in [9.17, 15) is 5.48 Å². The van der Waals surface area contributed by atoms with Crippen LogP contribution in [0.4, 0.5) is 17.1 Å². The molecule has 3 nitrogen and oxygen atoms in total. The second kappa shape index (κ2) is 14.5. The van der Waals surface area contributed by atoms with Crippen LogP contribution in [0.5, 0.6) is 0 Å². The number of furan rings is 1. The van der Waals surface area contributed by atoms with E-state index in [2.05, 4.69) is 95.9 Å². The molecule has 0 atom stereocenters. The SMILES string of the molecule is [2H]c1c([2H])c([2H])c2c(-c3cc4oc5c6ccccc6ccc5c4cc3N(c3ccc(-c4ccccc4)cc3)c3ccc(-c4ccccc4)cc3)c([2H])c([2H])c(-c3nc4ccccc4s3)c2c1[2H]. The minimum absolute atomic E-state index is 0.127. The largest absolute Gasteiger partial charge is 0.455 e. The molecule has 4 heteroatoms. The summed E-state index contributed by atoms with van der Waals surface area (Å²) in [5.41, 5.74) is 9.21. The molecule has 2 aromatic heterocycles. The van der Waals surface area contributed by atoms with Gasteiger partial charge in [0.05, 0.1) is 24.1 Å². The molecule has 12 rings (SSSR count). The van der Waals surface area contributed by atoms with Crippen LogP contribution in [0.1, 0.15) is 8.22 Å². The van der Waals surface area contributed by atoms with Crippen LogP contribution in [-0.4, -0.2) is 4.98 Å². The molecular formula is C57H36N2OS. The third-order valence-electron chi connectivity index (χ3n) is 11.5. The first-order valence-electron chi connectivity index (χ1n) is 23.1. The van der Waals surface area contributed by atoms with Crippen LogP contribution >= 0.6 is 11.3 Å². The molecule has 12 aromatic rings. The van der Waals surface area contributed by atoms with Crippen molar-refractivity contribution in [2.75, 3.05) is 4.90 Å². The van der Waals surface area contributed by atoms with Crippen molar-refractivity contribution in [2.24, 2.45) is 0 Å². The van der Waals surface area contributed by atoms with Crippen molar-refractivity contribution in [2.45, 2.75) is 0 Å². The van der Waals surface area contributed by atoms with Gasteiger partial charge in [0.1, 0.15) is 16.2 Å². The van der Waals surface area contributed by atoms with E-state index in [1.165, 1.54) is 11.3 Å². The summed E-state index contributed by atoms with van der Waals surface area (Å²) in [6.45, 7) is 0. The van der Waals surface area contributed by atoms with E-state index in [4.69, 9.17) is 12.1 Å². The first-order valence-corrected chi connectivity index (χ1v) is 20.9. The van der Waals surface area contributed by atoms with Crippen LogP contribution in [-0.2, 0) is 0 Å². The molecule has 0 spiro atoms. The Bertz CT molecular complexity index is 3810. The monoisotopic (exact) mass is 802 g/mol. The highest BCUT2D eigenvalue weighted by Crippen LogP contribution is 2.48. The van der Waals surface area contributed by atoms with Gasteiger partial charge in [-0.15, -0.1) is 11.3 Å². The van der Waals surface area contributed by atoms with Gasteiger partial charge in [-0.3, -0.25) is 0 Å². The third-order valence-corrected chi connectivity index (χ3v) is 12.5. The quantitative estimate of drug-likeness (QED) is 0.161. The lowest BCUT2D eigenvalue weighted by molar-refractivity contribution is 0.673. The smallest absolute Gasteiger partial charge is 0.143 e. The van der Waals surface area contributed by atoms with Gasteiger partial charge < -0.3 is 9.32 Å². The molecule has 0 radical (unpaired) electrons. The molecule has 0 N–H and O–H groups in total. The Morgan fingerprint density at radius 3 is 1.74 bits per heavy atom. The zero-order chi connectivity index (χ0) is 45.5. The van der Waals surface area contributed by atoms with Gasteiger partial charge in [-0.05, 0) is 98.6 Å². The molecule has 0 fully saturated rings. The Morgan fingerprint density at radius 1 is 0.459 bits per heavy atom. The number of rotatable bonds is 7. The number of para-hydroxylation sites is 1. The van der Waals surface area contributed by atoms with Gasteiger partial charge in [0.2, 0.25) is 0 Å². The van der Waals surface area contributed by atoms with Crippen LogP contribution in [0.2, 0.25) is 0 Å². The van der Waals surface area contributed by atoms with Gasteiger partial charge in [0, 0.05) is 38.7 Å². The zero-order valence-corrected chi connectivity index (χ0v) is 33.3. The number of thiazole rings is 1. The molecule has 0 saturated heterocycles. The highest BCUT2D eigenvalue weighted by molar-refractivity contribution is 7.21. The lowest BCUT2D eigenvalue weighted by Crippen LogP contribution is -2.11. The van der Waals surface area contributed by atoms with Gasteiger partial charge >= 0.3 is 0 Å². The van der Waals surface area contributed by atoms with E-state index in [1.807, 2.05) is 91.0 Å². The molecule has 0 amide bonds. The molecule has 0 saturated carbocycles. The predicted molar refractivity (Wildman–Crippen MR) is 258 cm³/mol. The molecule has 0 aliphatic rings. The van der Waals surface area contributed by atoms with Gasteiger partial charge in [0.15, 0.2) is 0 Å². The maximum absolute atomic E-state index is 10.0. The van der Waals surface area contributed by atoms with E-state index >= 15 is 0 Å². The average molecular weight is 803 g/mol. The number of nitrogens with zero attached hydrogens (tertiary/aromatic N) is 2. The summed E-state index contributed by atoms with van der Waals surface area (Å²) in [6.07, 6.45) is 0. The Kier molecular flexibility index (Phi) is 6.99. The Hall–Kier alpha value is -7.79. The van der Waals surface area contributed by atoms with E-state index in [0.717, 1.165) is 59.9 Å². The number of aromatic nitrogens is 1. The molecule has 286 valence electrons. The van der Waals surface area contributed by atoms with Gasteiger partial charge in [-0.2, -0.15) is 0 Å². The lowest BCUT2D eigenvalue weighted by Gasteiger charge is -2.29. The molecular weight excluding hydrogens is 761 g/mol. The molecule has 0 unspecified atom stereocenters. The topological polar surface area (TPSA) is 29.3 Å². The van der Waals surface area contributed by atoms with E-state index in [1.54, 1.807) is 0 Å². The van der Waals surface area contributed by atoms with Crippen molar-refractivity contribution in [1.82, 2.24) is 4.98 Å². The normalized spacial score (nSPS) is 13.0. The summed E-state index contributed by atoms with van der Waals surface area (Å²) in [7, 11) is 0. The molecule has 61 heavy (non-hydrogen) atoms. The fraction of sp³-hybridized carbons (Fsp3) is 0. The first-order chi connectivity index (χ1) is 32.7. The van der Waals surface area contributed by atoms with Crippen LogP contribution in [0.3, 0.4) is 0 Å². The summed E-state index contributed by atoms with van der Waals surface area (Å²) >= 11 is 1.33. The predicted octanol–water partition coefficient (Wildman–Crippen LogP) is 16.6. The van der Waals surface area contributed by atoms with Crippen LogP contribution in [0, 0.1) is 0 Å². The number of anilines is 3. The molecule has 0 bridgehead atoms. The molecule has 10 aromatic carbocycles. The number of fused-ring (bicyclic) bond motifs is 7. The van der Waals surface area contributed by atoms with E-state index in [0.29, 0.717) is 32.9 Å². The van der Waals surface area contributed by atoms with Crippen LogP contribution in [0.25, 0.3) is 97.7 Å². The fourth-order valence-corrected chi connectivity index (χ4v) is 9.47. The summed E-state index contributed by atoms with van der Waals surface area (Å²) in [5.74, 6) is 0. The second-order valence-corrected chi connectivity index (χ2v) is 16.1. The van der Waals surface area contributed by atoms with Gasteiger partial charge in [-0.25, -0.2) is 4.98 Å². The van der Waals surface area contributed by atoms with Gasteiger partial charge in [0.25, 0.3) is 0 Å². The molecule has 0 aliphatic carbocycles. The zero-order valence-electron chi connectivity index (χ0n) is 38.5. The third kappa shape index (κ3) is 6.07. The minimum atomic E-state index is -0.436. The summed E-state index contributed by atoms with van der Waals surface area (Å²) in [4.78, 5) is 7.00. The second-order valence-electron chi connectivity index (χ2n) is 15.0. The van der Waals surface area contributed by atoms with E-state index < -0.39 is 12.1 Å². The molecule has 2 heterocycles. The van der Waals surface area contributed by atoms with Crippen LogP contribution < -0.4 is 4.90 Å². The first kappa shape index (κ1) is 29.4.